The number of piperazine rings is 2. The van der Waals surface area contributed by atoms with Crippen LogP contribution in [0.25, 0.3) is 32.9 Å². The molecule has 0 radical (unpaired) electrons. The largest absolute Gasteiger partial charge is 0.434 e. The van der Waals surface area contributed by atoms with E-state index in [0.717, 1.165) is 62.3 Å². The van der Waals surface area contributed by atoms with Crippen LogP contribution < -0.4 is 41.0 Å². The van der Waals surface area contributed by atoms with Crippen molar-refractivity contribution in [2.75, 3.05) is 62.2 Å². The molecule has 26 heteroatoms. The normalized spacial score (nSPS) is 16.8. The van der Waals surface area contributed by atoms with Crippen LogP contribution in [0.5, 0.6) is 11.5 Å². The predicted molar refractivity (Wildman–Crippen MR) is 299 cm³/mol. The van der Waals surface area contributed by atoms with Gasteiger partial charge in [0.15, 0.2) is 0 Å². The van der Waals surface area contributed by atoms with Gasteiger partial charge < -0.3 is 39.7 Å². The Morgan fingerprint density at radius 2 is 1.01 bits per heavy atom. The molecule has 4 fully saturated rings. The third-order valence-electron chi connectivity index (χ3n) is 14.4. The minimum atomic E-state index is -2.95. The van der Waals surface area contributed by atoms with Crippen LogP contribution in [-0.4, -0.2) is 138 Å². The van der Waals surface area contributed by atoms with Gasteiger partial charge in [-0.05, 0) is 77.8 Å². The summed E-state index contributed by atoms with van der Waals surface area (Å²) < 4.78 is 68.8. The van der Waals surface area contributed by atoms with Gasteiger partial charge in [-0.25, -0.2) is 29.5 Å². The number of carbonyl (C=O) groups is 2. The number of urea groups is 2. The van der Waals surface area contributed by atoms with Gasteiger partial charge in [0.25, 0.3) is 11.1 Å². The van der Waals surface area contributed by atoms with Gasteiger partial charge >= 0.3 is 25.3 Å². The van der Waals surface area contributed by atoms with Crippen molar-refractivity contribution in [2.45, 2.75) is 52.2 Å². The maximum atomic E-state index is 13.0. The van der Waals surface area contributed by atoms with Gasteiger partial charge in [0, 0.05) is 112 Å². The van der Waals surface area contributed by atoms with Crippen LogP contribution in [0.2, 0.25) is 0 Å². The number of amides is 4. The fraction of sp³-hybridized carbons (Fsp3) is 0.333. The third-order valence-corrected chi connectivity index (χ3v) is 15.3. The minimum Gasteiger partial charge on any atom is -0.434 e. The quantitative estimate of drug-likeness (QED) is 0.121. The molecule has 0 bridgehead atoms. The number of benzene rings is 4. The maximum absolute atomic E-state index is 13.0. The van der Waals surface area contributed by atoms with E-state index in [1.165, 1.54) is 21.5 Å². The van der Waals surface area contributed by atoms with Crippen molar-refractivity contribution in [3.05, 3.63) is 149 Å². The fourth-order valence-electron chi connectivity index (χ4n) is 10.4. The summed E-state index contributed by atoms with van der Waals surface area (Å²) >= 11 is 6.71. The number of aryl methyl sites for hydroxylation is 2. The zero-order valence-corrected chi connectivity index (χ0v) is 46.9. The highest BCUT2D eigenvalue weighted by Gasteiger charge is 2.37. The van der Waals surface area contributed by atoms with E-state index in [4.69, 9.17) is 4.74 Å². The predicted octanol–water partition coefficient (Wildman–Crippen LogP) is 7.48. The topological polar surface area (TPSA) is 195 Å². The molecule has 12 rings (SSSR count). The van der Waals surface area contributed by atoms with E-state index in [1.807, 2.05) is 41.8 Å². The highest BCUT2D eigenvalue weighted by atomic mass is 79.9. The molecule has 2 atom stereocenters. The molecule has 0 saturated carbocycles. The molecule has 4 saturated heterocycles. The Morgan fingerprint density at radius 3 is 1.49 bits per heavy atom. The van der Waals surface area contributed by atoms with Crippen LogP contribution in [0, 0.1) is 13.8 Å². The minimum absolute atomic E-state index is 0.0223. The summed E-state index contributed by atoms with van der Waals surface area (Å²) in [5.74, 6) is 1.51. The lowest BCUT2D eigenvalue weighted by atomic mass is 10.1. The number of alkyl halides is 4. The summed E-state index contributed by atoms with van der Waals surface area (Å²) in [5, 5.41) is 6.81. The van der Waals surface area contributed by atoms with Crippen molar-refractivity contribution in [3.63, 3.8) is 0 Å². The fourth-order valence-corrected chi connectivity index (χ4v) is 10.9. The summed E-state index contributed by atoms with van der Waals surface area (Å²) in [7, 11) is 3.30. The second-order valence-electron chi connectivity index (χ2n) is 19.6. The molecule has 4 amide bonds. The van der Waals surface area contributed by atoms with E-state index in [0.29, 0.717) is 66.1 Å². The van der Waals surface area contributed by atoms with Crippen molar-refractivity contribution in [2.24, 2.45) is 14.1 Å². The molecule has 4 aromatic heterocycles. The lowest BCUT2D eigenvalue weighted by Crippen LogP contribution is -2.52. The molecule has 8 aromatic rings. The molecular weight excluding hydrogens is 1180 g/mol. The van der Waals surface area contributed by atoms with E-state index < -0.39 is 13.2 Å². The van der Waals surface area contributed by atoms with Gasteiger partial charge in [0.1, 0.15) is 11.5 Å². The van der Waals surface area contributed by atoms with E-state index in [-0.39, 0.29) is 59.9 Å². The zero-order chi connectivity index (χ0) is 56.5. The van der Waals surface area contributed by atoms with E-state index in [9.17, 15) is 36.7 Å². The number of hydrogen-bond acceptors (Lipinski definition) is 12. The van der Waals surface area contributed by atoms with Gasteiger partial charge in [0.2, 0.25) is 11.9 Å². The molecule has 8 heterocycles. The average Bonchev–Trinajstić information content (AvgIpc) is 4.16. The van der Waals surface area contributed by atoms with Crippen molar-refractivity contribution < 1.29 is 36.6 Å². The molecule has 2 N–H and O–H groups in total. The van der Waals surface area contributed by atoms with E-state index in [2.05, 4.69) is 77.0 Å². The first-order valence-corrected chi connectivity index (χ1v) is 27.0. The summed E-state index contributed by atoms with van der Waals surface area (Å²) in [6, 6.07) is 21.3. The van der Waals surface area contributed by atoms with Gasteiger partial charge in [0.05, 0.1) is 51.5 Å². The second-order valence-corrected chi connectivity index (χ2v) is 21.4. The molecule has 418 valence electrons. The Bertz CT molecular complexity index is 3730. The standard InChI is InChI=1S/C27H27F2N7O3.C17H15BrF2N2O2.C10H12BrN5O/c1-16-3-6-23(39-25(28)29)18(9-16)14-36-22-10-17(4-5-21(22)24(37)33(36)2)19-11-30-26(31-12-19)34-7-8-35-20(15-34)13-32-27(35)38;1-10-3-6-15(24-17(19)20)11(7-10)9-22-14-8-12(18)4-5-13(14)16(23)21(22)2;11-7-3-12-9(13-4-7)15-1-2-16-8(6-15)5-14-10(16)17/h3-6,9-12,20,25H,7-8,13-15H2,1-2H3,(H,32,38);3-8,17H,9H2,1-2H3;3-4,8H,1-2,5-6H2,(H,14,17)/t20-;;8-/m0.0/s1. The van der Waals surface area contributed by atoms with Crippen molar-refractivity contribution in [1.82, 2.24) is 59.1 Å². The Morgan fingerprint density at radius 1 is 0.562 bits per heavy atom. The number of anilines is 2. The lowest BCUT2D eigenvalue weighted by molar-refractivity contribution is -0.0511. The van der Waals surface area contributed by atoms with E-state index >= 15 is 0 Å². The van der Waals surface area contributed by atoms with Gasteiger partial charge in [-0.2, -0.15) is 17.6 Å². The van der Waals surface area contributed by atoms with Gasteiger partial charge in [-0.15, -0.1) is 0 Å². The number of rotatable bonds is 11. The Hall–Kier alpha value is -8.00. The molecule has 4 aliphatic rings. The number of fused-ring (bicyclic) bond motifs is 4. The van der Waals surface area contributed by atoms with Crippen LogP contribution in [0.4, 0.5) is 39.0 Å². The molecular formula is C54H54Br2F4N14O6. The summed E-state index contributed by atoms with van der Waals surface area (Å²) in [6.45, 7) is 3.88. The molecule has 0 aliphatic carbocycles. The Kier molecular flexibility index (Phi) is 16.2. The maximum Gasteiger partial charge on any atom is 0.387 e. The number of nitrogens with one attached hydrogen (secondary N) is 2. The summed E-state index contributed by atoms with van der Waals surface area (Å²) in [6.07, 6.45) is 6.97. The van der Waals surface area contributed by atoms with Crippen molar-refractivity contribution in [1.29, 1.82) is 0 Å². The van der Waals surface area contributed by atoms with Crippen LogP contribution in [0.1, 0.15) is 22.3 Å². The number of hydrogen-bond donors (Lipinski definition) is 2. The van der Waals surface area contributed by atoms with Gasteiger partial charge in [-0.1, -0.05) is 57.4 Å². The van der Waals surface area contributed by atoms with Crippen LogP contribution >= 0.6 is 31.9 Å². The molecule has 4 aliphatic heterocycles. The lowest BCUT2D eigenvalue weighted by Gasteiger charge is -2.36. The van der Waals surface area contributed by atoms with Crippen molar-refractivity contribution >= 4 is 77.6 Å². The number of ether oxygens (including phenoxy) is 2. The first-order valence-electron chi connectivity index (χ1n) is 25.4. The van der Waals surface area contributed by atoms with Crippen molar-refractivity contribution in [3.8, 4) is 22.6 Å². The molecule has 80 heavy (non-hydrogen) atoms. The number of halogens is 6. The van der Waals surface area contributed by atoms with E-state index in [1.54, 1.807) is 90.7 Å². The number of nitrogens with zero attached hydrogens (tertiary/aromatic N) is 12. The zero-order valence-electron chi connectivity index (χ0n) is 43.7. The van der Waals surface area contributed by atoms with Crippen LogP contribution in [-0.2, 0) is 27.2 Å². The number of aromatic nitrogens is 8. The second kappa shape index (κ2) is 23.4. The molecule has 20 nitrogen and oxygen atoms in total. The monoisotopic (exact) mass is 1230 g/mol. The molecule has 4 aromatic carbocycles. The molecule has 0 spiro atoms. The molecule has 0 unspecified atom stereocenters. The number of carbonyl (C=O) groups excluding carboxylic acids is 2. The SMILES string of the molecule is Cc1ccc(OC(F)F)c(Cn2c3cc(-c4cnc(N5CCN6C(=O)NC[C@H]6C5)nc4)ccc3c(=O)n2C)c1.Cc1ccc(OC(F)F)c(Cn2c3cc(Br)ccc3c(=O)n2C)c1.O=C1NC[C@H]2CN(c3ncc(Br)cn3)CCN12. The Labute approximate surface area is 471 Å². The van der Waals surface area contributed by atoms with Crippen LogP contribution in [0.3, 0.4) is 0 Å². The average molecular weight is 1230 g/mol. The summed E-state index contributed by atoms with van der Waals surface area (Å²) in [5.41, 5.74) is 5.59. The first-order chi connectivity index (χ1) is 38.4. The van der Waals surface area contributed by atoms with Crippen LogP contribution in [0.15, 0.2) is 116 Å². The first kappa shape index (κ1) is 55.3. The summed E-state index contributed by atoms with van der Waals surface area (Å²) in [4.78, 5) is 74.3. The highest BCUT2D eigenvalue weighted by Crippen LogP contribution is 2.30. The third kappa shape index (κ3) is 11.8. The highest BCUT2D eigenvalue weighted by molar-refractivity contribution is 9.10. The smallest absolute Gasteiger partial charge is 0.387 e. The Balaban J connectivity index is 0.000000149. The van der Waals surface area contributed by atoms with Gasteiger partial charge in [-0.3, -0.25) is 28.3 Å².